The zero-order valence-electron chi connectivity index (χ0n) is 15.1. The number of likely N-dealkylation sites (tertiary alicyclic amines) is 2. The first-order valence-electron chi connectivity index (χ1n) is 9.25. The van der Waals surface area contributed by atoms with Crippen LogP contribution in [0.1, 0.15) is 18.4 Å². The zero-order valence-corrected chi connectivity index (χ0v) is 15.9. The van der Waals surface area contributed by atoms with Crippen molar-refractivity contribution < 1.29 is 14.6 Å². The predicted octanol–water partition coefficient (Wildman–Crippen LogP) is 4.71. The minimum absolute atomic E-state index is 0.212. The quantitative estimate of drug-likeness (QED) is 0.826. The number of ether oxygens (including phenoxy) is 1. The highest BCUT2D eigenvalue weighted by molar-refractivity contribution is 6.32. The van der Waals surface area contributed by atoms with Gasteiger partial charge in [-0.05, 0) is 55.8 Å². The third kappa shape index (κ3) is 4.04. The van der Waals surface area contributed by atoms with Crippen LogP contribution in [0.15, 0.2) is 48.5 Å². The van der Waals surface area contributed by atoms with E-state index >= 15 is 0 Å². The summed E-state index contributed by atoms with van der Waals surface area (Å²) in [5.41, 5.74) is 1.42. The second-order valence-corrected chi connectivity index (χ2v) is 8.00. The molecule has 2 aromatic carbocycles. The fourth-order valence-electron chi connectivity index (χ4n) is 4.02. The van der Waals surface area contributed by atoms with Gasteiger partial charge in [0.15, 0.2) is 0 Å². The molecular weight excluding hydrogens is 364 g/mol. The lowest BCUT2D eigenvalue weighted by Gasteiger charge is -2.52. The van der Waals surface area contributed by atoms with E-state index in [-0.39, 0.29) is 5.41 Å². The third-order valence-electron chi connectivity index (χ3n) is 5.61. The maximum absolute atomic E-state index is 11.0. The molecule has 6 heteroatoms. The molecule has 2 aliphatic rings. The highest BCUT2D eigenvalue weighted by Gasteiger charge is 2.46. The lowest BCUT2D eigenvalue weighted by Crippen LogP contribution is -2.61. The summed E-state index contributed by atoms with van der Waals surface area (Å²) in [6.07, 6.45) is 1.33. The number of rotatable bonds is 4. The first kappa shape index (κ1) is 18.1. The molecule has 2 fully saturated rings. The Balaban J connectivity index is 1.33. The van der Waals surface area contributed by atoms with Gasteiger partial charge in [-0.25, -0.2) is 4.79 Å². The van der Waals surface area contributed by atoms with Crippen LogP contribution < -0.4 is 4.74 Å². The van der Waals surface area contributed by atoms with Crippen LogP contribution in [-0.2, 0) is 6.54 Å². The predicted molar refractivity (Wildman–Crippen MR) is 105 cm³/mol. The number of halogens is 1. The van der Waals surface area contributed by atoms with E-state index in [1.165, 1.54) is 10.5 Å². The van der Waals surface area contributed by atoms with Crippen LogP contribution in [0, 0.1) is 5.41 Å². The van der Waals surface area contributed by atoms with Gasteiger partial charge in [-0.1, -0.05) is 35.9 Å². The Morgan fingerprint density at radius 1 is 1.11 bits per heavy atom. The van der Waals surface area contributed by atoms with Gasteiger partial charge >= 0.3 is 6.09 Å². The van der Waals surface area contributed by atoms with Crippen LogP contribution in [0.25, 0.3) is 0 Å². The Labute approximate surface area is 164 Å². The summed E-state index contributed by atoms with van der Waals surface area (Å²) in [4.78, 5) is 14.9. The lowest BCUT2D eigenvalue weighted by atomic mass is 9.72. The highest BCUT2D eigenvalue weighted by atomic mass is 35.5. The minimum atomic E-state index is -0.793. The molecule has 1 spiro atoms. The van der Waals surface area contributed by atoms with Gasteiger partial charge in [0.05, 0.1) is 5.02 Å². The van der Waals surface area contributed by atoms with Crippen molar-refractivity contribution in [3.63, 3.8) is 0 Å². The molecule has 0 bridgehead atoms. The van der Waals surface area contributed by atoms with Crippen molar-refractivity contribution in [2.24, 2.45) is 5.41 Å². The van der Waals surface area contributed by atoms with Gasteiger partial charge in [0.1, 0.15) is 11.5 Å². The molecule has 4 rings (SSSR count). The molecule has 1 amide bonds. The Bertz CT molecular complexity index is 826. The van der Waals surface area contributed by atoms with Crippen molar-refractivity contribution >= 4 is 17.7 Å². The summed E-state index contributed by atoms with van der Waals surface area (Å²) >= 11 is 6.17. The van der Waals surface area contributed by atoms with Crippen LogP contribution in [0.5, 0.6) is 11.5 Å². The molecule has 0 aliphatic carbocycles. The molecule has 2 saturated heterocycles. The van der Waals surface area contributed by atoms with E-state index in [1.54, 1.807) is 0 Å². The molecular formula is C21H23ClN2O3. The molecule has 5 nitrogen and oxygen atoms in total. The number of para-hydroxylation sites is 1. The van der Waals surface area contributed by atoms with Crippen molar-refractivity contribution in [2.75, 3.05) is 26.2 Å². The monoisotopic (exact) mass is 386 g/mol. The summed E-state index contributed by atoms with van der Waals surface area (Å²) in [7, 11) is 0. The van der Waals surface area contributed by atoms with Gasteiger partial charge < -0.3 is 14.7 Å². The molecule has 0 saturated carbocycles. The summed E-state index contributed by atoms with van der Waals surface area (Å²) in [5, 5.41) is 9.64. The van der Waals surface area contributed by atoms with Crippen molar-refractivity contribution in [2.45, 2.75) is 19.4 Å². The molecule has 0 unspecified atom stereocenters. The van der Waals surface area contributed by atoms with E-state index in [4.69, 9.17) is 21.4 Å². The number of nitrogens with zero attached hydrogens (tertiary/aromatic N) is 2. The molecule has 2 aromatic rings. The standard InChI is InChI=1S/C21H23ClN2O3/c22-18-6-1-2-7-19(18)27-17-5-3-4-16(12-17)13-23-10-8-21(9-11-23)14-24(15-21)20(25)26/h1-7,12H,8-11,13-15H2,(H,25,26). The maximum atomic E-state index is 11.0. The Morgan fingerprint density at radius 2 is 1.85 bits per heavy atom. The summed E-state index contributed by atoms with van der Waals surface area (Å²) in [6.45, 7) is 4.26. The van der Waals surface area contributed by atoms with Crippen LogP contribution in [0.2, 0.25) is 5.02 Å². The van der Waals surface area contributed by atoms with Crippen molar-refractivity contribution in [1.82, 2.24) is 9.80 Å². The largest absolute Gasteiger partial charge is 0.465 e. The zero-order chi connectivity index (χ0) is 18.9. The Hall–Kier alpha value is -2.24. The number of carbonyl (C=O) groups is 1. The van der Waals surface area contributed by atoms with Gasteiger partial charge in [-0.2, -0.15) is 0 Å². The second-order valence-electron chi connectivity index (χ2n) is 7.59. The number of hydrogen-bond donors (Lipinski definition) is 1. The maximum Gasteiger partial charge on any atom is 0.407 e. The summed E-state index contributed by atoms with van der Waals surface area (Å²) in [5.74, 6) is 1.44. The highest BCUT2D eigenvalue weighted by Crippen LogP contribution is 2.40. The van der Waals surface area contributed by atoms with E-state index < -0.39 is 6.09 Å². The number of piperidine rings is 1. The topological polar surface area (TPSA) is 53.0 Å². The average molecular weight is 387 g/mol. The van der Waals surface area contributed by atoms with Crippen LogP contribution >= 0.6 is 11.6 Å². The SMILES string of the molecule is O=C(O)N1CC2(CCN(Cc3cccc(Oc4ccccc4Cl)c3)CC2)C1. The fraction of sp³-hybridized carbons (Fsp3) is 0.381. The van der Waals surface area contributed by atoms with Gasteiger partial charge in [-0.3, -0.25) is 4.90 Å². The molecule has 27 heavy (non-hydrogen) atoms. The molecule has 2 heterocycles. The molecule has 0 radical (unpaired) electrons. The first-order valence-corrected chi connectivity index (χ1v) is 9.62. The van der Waals surface area contributed by atoms with Crippen LogP contribution in [0.3, 0.4) is 0 Å². The number of carboxylic acid groups (broad SMARTS) is 1. The van der Waals surface area contributed by atoms with Crippen LogP contribution in [-0.4, -0.2) is 47.2 Å². The Kier molecular flexibility index (Phi) is 4.98. The summed E-state index contributed by atoms with van der Waals surface area (Å²) < 4.78 is 5.92. The third-order valence-corrected chi connectivity index (χ3v) is 5.92. The number of amides is 1. The molecule has 1 N–H and O–H groups in total. The summed E-state index contributed by atoms with van der Waals surface area (Å²) in [6, 6.07) is 15.6. The van der Waals surface area contributed by atoms with Crippen molar-refractivity contribution in [3.05, 3.63) is 59.1 Å². The average Bonchev–Trinajstić information content (AvgIpc) is 2.63. The van der Waals surface area contributed by atoms with Gasteiger partial charge in [0.2, 0.25) is 0 Å². The number of hydrogen-bond acceptors (Lipinski definition) is 3. The van der Waals surface area contributed by atoms with E-state index in [1.807, 2.05) is 36.4 Å². The lowest BCUT2D eigenvalue weighted by molar-refractivity contribution is -0.0352. The van der Waals surface area contributed by atoms with Crippen LogP contribution in [0.4, 0.5) is 4.79 Å². The molecule has 142 valence electrons. The van der Waals surface area contributed by atoms with Crippen molar-refractivity contribution in [3.8, 4) is 11.5 Å². The van der Waals surface area contributed by atoms with E-state index in [2.05, 4.69) is 17.0 Å². The smallest absolute Gasteiger partial charge is 0.407 e. The fourth-order valence-corrected chi connectivity index (χ4v) is 4.19. The van der Waals surface area contributed by atoms with E-state index in [0.29, 0.717) is 23.9 Å². The second kappa shape index (κ2) is 7.41. The van der Waals surface area contributed by atoms with Crippen molar-refractivity contribution in [1.29, 1.82) is 0 Å². The number of benzene rings is 2. The van der Waals surface area contributed by atoms with Gasteiger partial charge in [0.25, 0.3) is 0 Å². The van der Waals surface area contributed by atoms with E-state index in [9.17, 15) is 4.79 Å². The van der Waals surface area contributed by atoms with E-state index in [0.717, 1.165) is 38.2 Å². The minimum Gasteiger partial charge on any atom is -0.465 e. The first-order chi connectivity index (χ1) is 13.0. The van der Waals surface area contributed by atoms with Gasteiger partial charge in [-0.15, -0.1) is 0 Å². The Morgan fingerprint density at radius 3 is 2.56 bits per heavy atom. The molecule has 0 atom stereocenters. The molecule has 2 aliphatic heterocycles. The molecule has 0 aromatic heterocycles. The van der Waals surface area contributed by atoms with Gasteiger partial charge in [0, 0.05) is 25.0 Å². The normalized spacial score (nSPS) is 18.9.